The molecule has 4 aliphatic rings. The molecule has 0 saturated heterocycles. The monoisotopic (exact) mass is 466 g/mol. The maximum absolute atomic E-state index is 14.1. The Hall–Kier alpha value is -1.84. The number of rotatable bonds is 4. The van der Waals surface area contributed by atoms with Crippen molar-refractivity contribution in [2.45, 2.75) is 100 Å². The second kappa shape index (κ2) is 7.83. The molecule has 2 fully saturated rings. The molecule has 0 aromatic carbocycles. The van der Waals surface area contributed by atoms with Gasteiger partial charge in [0.1, 0.15) is 5.78 Å². The molecule has 6 unspecified atom stereocenters. The number of ketones is 4. The van der Waals surface area contributed by atoms with E-state index in [4.69, 9.17) is 0 Å². The van der Waals surface area contributed by atoms with Gasteiger partial charge in [-0.25, -0.2) is 0 Å². The minimum absolute atomic E-state index is 0.00679. The summed E-state index contributed by atoms with van der Waals surface area (Å²) >= 11 is 0. The van der Waals surface area contributed by atoms with Crippen molar-refractivity contribution in [1.82, 2.24) is 0 Å². The van der Waals surface area contributed by atoms with E-state index in [9.17, 15) is 19.2 Å². The maximum Gasteiger partial charge on any atom is 0.226 e. The molecular weight excluding hydrogens is 424 g/mol. The van der Waals surface area contributed by atoms with E-state index in [1.807, 2.05) is 27.7 Å². The minimum atomic E-state index is -0.855. The number of carbonyl (C=O) groups is 4. The van der Waals surface area contributed by atoms with Gasteiger partial charge in [-0.15, -0.1) is 0 Å². The lowest BCUT2D eigenvalue weighted by molar-refractivity contribution is -0.153. The minimum Gasteiger partial charge on any atom is -0.299 e. The molecule has 0 radical (unpaired) electrons. The largest absolute Gasteiger partial charge is 0.299 e. The van der Waals surface area contributed by atoms with Crippen LogP contribution in [0.15, 0.2) is 22.8 Å². The van der Waals surface area contributed by atoms with Crippen molar-refractivity contribution in [3.63, 3.8) is 0 Å². The van der Waals surface area contributed by atoms with Crippen LogP contribution >= 0.6 is 0 Å². The van der Waals surface area contributed by atoms with E-state index >= 15 is 0 Å². The SMILES string of the molecule is CC(C)=CCCC(C)C1CCC2(C)C3=C(C(=O)C(=O)C12C)C1(C)CCC(=O)C(C)(C)C1CC3=O. The molecule has 4 rings (SSSR count). The van der Waals surface area contributed by atoms with Gasteiger partial charge in [0.15, 0.2) is 5.78 Å². The van der Waals surface area contributed by atoms with Crippen molar-refractivity contribution in [3.05, 3.63) is 22.8 Å². The first-order valence-corrected chi connectivity index (χ1v) is 13.2. The van der Waals surface area contributed by atoms with Gasteiger partial charge in [-0.3, -0.25) is 19.2 Å². The molecule has 4 aliphatic carbocycles. The molecule has 0 aromatic rings. The molecule has 4 nitrogen and oxygen atoms in total. The molecule has 0 aromatic heterocycles. The fourth-order valence-corrected chi connectivity index (χ4v) is 8.55. The molecule has 186 valence electrons. The van der Waals surface area contributed by atoms with Crippen LogP contribution in [0.25, 0.3) is 0 Å². The van der Waals surface area contributed by atoms with Gasteiger partial charge in [0.25, 0.3) is 0 Å². The Morgan fingerprint density at radius 2 is 1.65 bits per heavy atom. The van der Waals surface area contributed by atoms with Gasteiger partial charge in [-0.1, -0.05) is 53.2 Å². The van der Waals surface area contributed by atoms with Crippen LogP contribution in [0.3, 0.4) is 0 Å². The van der Waals surface area contributed by atoms with Crippen LogP contribution in [0.2, 0.25) is 0 Å². The zero-order valence-electron chi connectivity index (χ0n) is 22.4. The fraction of sp³-hybridized carbons (Fsp3) is 0.733. The topological polar surface area (TPSA) is 68.3 Å². The molecule has 0 amide bonds. The van der Waals surface area contributed by atoms with E-state index in [1.54, 1.807) is 0 Å². The summed E-state index contributed by atoms with van der Waals surface area (Å²) in [6.45, 7) is 16.3. The van der Waals surface area contributed by atoms with Crippen molar-refractivity contribution in [3.8, 4) is 0 Å². The van der Waals surface area contributed by atoms with Crippen molar-refractivity contribution in [2.24, 2.45) is 39.4 Å². The molecular formula is C30H42O4. The summed E-state index contributed by atoms with van der Waals surface area (Å²) in [4.78, 5) is 54.7. The normalized spacial score (nSPS) is 40.0. The lowest BCUT2D eigenvalue weighted by Gasteiger charge is -2.58. The van der Waals surface area contributed by atoms with Gasteiger partial charge < -0.3 is 0 Å². The molecule has 6 atom stereocenters. The summed E-state index contributed by atoms with van der Waals surface area (Å²) in [6, 6.07) is 0. The van der Waals surface area contributed by atoms with E-state index < -0.39 is 27.4 Å². The van der Waals surface area contributed by atoms with Gasteiger partial charge >= 0.3 is 0 Å². The molecule has 0 aliphatic heterocycles. The number of allylic oxidation sites excluding steroid dienone is 4. The Labute approximate surface area is 205 Å². The lowest BCUT2D eigenvalue weighted by Crippen LogP contribution is -2.61. The van der Waals surface area contributed by atoms with Gasteiger partial charge in [0, 0.05) is 45.6 Å². The van der Waals surface area contributed by atoms with Crippen LogP contribution in [0.4, 0.5) is 0 Å². The van der Waals surface area contributed by atoms with E-state index in [0.717, 1.165) is 25.7 Å². The second-order valence-corrected chi connectivity index (χ2v) is 13.2. The first-order valence-electron chi connectivity index (χ1n) is 13.2. The third kappa shape index (κ3) is 3.09. The van der Waals surface area contributed by atoms with Crippen molar-refractivity contribution < 1.29 is 19.2 Å². The Morgan fingerprint density at radius 1 is 1.00 bits per heavy atom. The van der Waals surface area contributed by atoms with Crippen LogP contribution in [0, 0.1) is 39.4 Å². The van der Waals surface area contributed by atoms with E-state index in [2.05, 4.69) is 33.8 Å². The molecule has 0 bridgehead atoms. The highest BCUT2D eigenvalue weighted by Crippen LogP contribution is 2.69. The highest BCUT2D eigenvalue weighted by atomic mass is 16.2. The molecule has 34 heavy (non-hydrogen) atoms. The van der Waals surface area contributed by atoms with E-state index in [0.29, 0.717) is 30.4 Å². The molecule has 4 heteroatoms. The van der Waals surface area contributed by atoms with Crippen LogP contribution in [-0.2, 0) is 19.2 Å². The van der Waals surface area contributed by atoms with Crippen molar-refractivity contribution in [2.75, 3.05) is 0 Å². The molecule has 0 heterocycles. The van der Waals surface area contributed by atoms with Crippen LogP contribution in [0.1, 0.15) is 100 Å². The number of hydrogen-bond donors (Lipinski definition) is 0. The number of hydrogen-bond acceptors (Lipinski definition) is 4. The quantitative estimate of drug-likeness (QED) is 0.364. The smallest absolute Gasteiger partial charge is 0.226 e. The van der Waals surface area contributed by atoms with Crippen LogP contribution in [0.5, 0.6) is 0 Å². The number of fused-ring (bicyclic) bond motifs is 4. The predicted octanol–water partition coefficient (Wildman–Crippen LogP) is 6.22. The maximum atomic E-state index is 14.1. The third-order valence-corrected chi connectivity index (χ3v) is 10.9. The van der Waals surface area contributed by atoms with Crippen molar-refractivity contribution >= 4 is 23.1 Å². The predicted molar refractivity (Wildman–Crippen MR) is 133 cm³/mol. The summed E-state index contributed by atoms with van der Waals surface area (Å²) in [5.74, 6) is -0.460. The Kier molecular flexibility index (Phi) is 5.82. The van der Waals surface area contributed by atoms with E-state index in [-0.39, 0.29) is 35.1 Å². The summed E-state index contributed by atoms with van der Waals surface area (Å²) in [7, 11) is 0. The van der Waals surface area contributed by atoms with Crippen LogP contribution in [-0.4, -0.2) is 23.1 Å². The first kappa shape index (κ1) is 25.3. The standard InChI is InChI=1S/C30H42O4/c1-17(2)10-9-11-18(3)19-12-15-29(7)23-20(31)16-21-27(4,5)22(32)13-14-28(21,6)24(23)25(33)26(34)30(19,29)8/h10,18-19,21H,9,11-16H2,1-8H3. The number of carbonyl (C=O) groups excluding carboxylic acids is 4. The zero-order valence-corrected chi connectivity index (χ0v) is 22.4. The van der Waals surface area contributed by atoms with Crippen molar-refractivity contribution in [1.29, 1.82) is 0 Å². The van der Waals surface area contributed by atoms with Gasteiger partial charge in [-0.05, 0) is 63.7 Å². The van der Waals surface area contributed by atoms with E-state index in [1.165, 1.54) is 5.57 Å². The van der Waals surface area contributed by atoms with Gasteiger partial charge in [0.05, 0.1) is 0 Å². The van der Waals surface area contributed by atoms with Gasteiger partial charge in [-0.2, -0.15) is 0 Å². The Bertz CT molecular complexity index is 1040. The molecule has 2 saturated carbocycles. The average Bonchev–Trinajstić information content (AvgIpc) is 3.03. The second-order valence-electron chi connectivity index (χ2n) is 13.2. The molecule has 0 spiro atoms. The number of Topliss-reactive ketones (excluding diaryl/α,β-unsaturated/α-hetero) is 4. The summed E-state index contributed by atoms with van der Waals surface area (Å²) in [5, 5.41) is 0. The highest BCUT2D eigenvalue weighted by molar-refractivity contribution is 6.48. The summed E-state index contributed by atoms with van der Waals surface area (Å²) in [5.41, 5.74) is -0.363. The zero-order chi connectivity index (χ0) is 25.4. The molecule has 0 N–H and O–H groups in total. The van der Waals surface area contributed by atoms with Gasteiger partial charge in [0.2, 0.25) is 11.6 Å². The first-order chi connectivity index (χ1) is 15.6. The Balaban J connectivity index is 1.83. The summed E-state index contributed by atoms with van der Waals surface area (Å²) < 4.78 is 0. The highest BCUT2D eigenvalue weighted by Gasteiger charge is 2.70. The third-order valence-electron chi connectivity index (χ3n) is 10.9. The average molecular weight is 467 g/mol. The lowest BCUT2D eigenvalue weighted by atomic mass is 9.42. The summed E-state index contributed by atoms with van der Waals surface area (Å²) in [6.07, 6.45) is 7.01. The van der Waals surface area contributed by atoms with Crippen LogP contribution < -0.4 is 0 Å². The fourth-order valence-electron chi connectivity index (χ4n) is 8.55. The Morgan fingerprint density at radius 3 is 2.26 bits per heavy atom.